The Morgan fingerprint density at radius 1 is 1.69 bits per heavy atom. The number of sulfonamides is 1. The molecule has 1 atom stereocenters. The molecule has 2 rings (SSSR count). The average molecular weight is 261 g/mol. The molecule has 1 fully saturated rings. The topological polar surface area (TPSA) is 62.3 Å². The van der Waals surface area contributed by atoms with Gasteiger partial charge in [0.15, 0.2) is 5.13 Å². The Labute approximate surface area is 99.5 Å². The molecule has 0 bridgehead atoms. The summed E-state index contributed by atoms with van der Waals surface area (Å²) in [7, 11) is -3.09. The minimum Gasteiger partial charge on any atom is -0.346 e. The van der Waals surface area contributed by atoms with E-state index < -0.39 is 10.0 Å². The molecule has 2 heterocycles. The van der Waals surface area contributed by atoms with Crippen LogP contribution in [0.4, 0.5) is 5.13 Å². The van der Waals surface area contributed by atoms with E-state index in [2.05, 4.69) is 14.6 Å². The Kier molecular flexibility index (Phi) is 3.46. The molecular formula is C9H15N3O2S2. The van der Waals surface area contributed by atoms with Crippen molar-refractivity contribution in [3.05, 3.63) is 11.6 Å². The molecule has 0 aliphatic carbocycles. The molecule has 16 heavy (non-hydrogen) atoms. The molecular weight excluding hydrogens is 246 g/mol. The second-order valence-electron chi connectivity index (χ2n) is 3.77. The van der Waals surface area contributed by atoms with Crippen LogP contribution in [0.5, 0.6) is 0 Å². The maximum atomic E-state index is 11.4. The number of thiazole rings is 1. The summed E-state index contributed by atoms with van der Waals surface area (Å²) in [5.74, 6) is 0.140. The molecule has 0 radical (unpaired) electrons. The van der Waals surface area contributed by atoms with Crippen molar-refractivity contribution in [2.45, 2.75) is 19.4 Å². The van der Waals surface area contributed by atoms with Crippen molar-refractivity contribution in [3.8, 4) is 0 Å². The fourth-order valence-corrected chi connectivity index (χ4v) is 3.29. The first-order chi connectivity index (χ1) is 7.61. The highest BCUT2D eigenvalue weighted by Gasteiger charge is 2.26. The third-order valence-electron chi connectivity index (χ3n) is 2.60. The van der Waals surface area contributed by atoms with E-state index in [1.54, 1.807) is 24.5 Å². The summed E-state index contributed by atoms with van der Waals surface area (Å²) in [6, 6.07) is 0.0221. The molecule has 1 aliphatic heterocycles. The van der Waals surface area contributed by atoms with Gasteiger partial charge >= 0.3 is 0 Å². The average Bonchev–Trinajstić information content (AvgIpc) is 2.86. The monoisotopic (exact) mass is 261 g/mol. The zero-order chi connectivity index (χ0) is 11.6. The SMILES string of the molecule is CCS(=O)(=O)NC1CCN(c2nccs2)C1. The molecule has 7 heteroatoms. The van der Waals surface area contributed by atoms with Crippen LogP contribution in [0.25, 0.3) is 0 Å². The largest absolute Gasteiger partial charge is 0.346 e. The lowest BCUT2D eigenvalue weighted by Gasteiger charge is -2.15. The first kappa shape index (κ1) is 11.8. The maximum Gasteiger partial charge on any atom is 0.211 e. The Balaban J connectivity index is 1.94. The normalized spacial score (nSPS) is 21.6. The number of aromatic nitrogens is 1. The molecule has 0 spiro atoms. The van der Waals surface area contributed by atoms with Crippen LogP contribution < -0.4 is 9.62 Å². The summed E-state index contributed by atoms with van der Waals surface area (Å²) in [5.41, 5.74) is 0. The Morgan fingerprint density at radius 2 is 2.50 bits per heavy atom. The van der Waals surface area contributed by atoms with Gasteiger partial charge in [0.2, 0.25) is 10.0 Å². The third kappa shape index (κ3) is 2.72. The summed E-state index contributed by atoms with van der Waals surface area (Å²) in [6.45, 7) is 3.23. The highest BCUT2D eigenvalue weighted by Crippen LogP contribution is 2.22. The summed E-state index contributed by atoms with van der Waals surface area (Å²) in [5, 5.41) is 2.90. The fourth-order valence-electron chi connectivity index (χ4n) is 1.74. The van der Waals surface area contributed by atoms with E-state index in [0.717, 1.165) is 18.1 Å². The van der Waals surface area contributed by atoms with Crippen molar-refractivity contribution in [2.24, 2.45) is 0 Å². The van der Waals surface area contributed by atoms with Crippen molar-refractivity contribution >= 4 is 26.5 Å². The van der Waals surface area contributed by atoms with E-state index in [9.17, 15) is 8.42 Å². The lowest BCUT2D eigenvalue weighted by atomic mass is 10.3. The van der Waals surface area contributed by atoms with Gasteiger partial charge in [0, 0.05) is 30.7 Å². The molecule has 90 valence electrons. The van der Waals surface area contributed by atoms with Gasteiger partial charge in [-0.3, -0.25) is 0 Å². The third-order valence-corrected chi connectivity index (χ3v) is 4.89. The predicted molar refractivity (Wildman–Crippen MR) is 65.3 cm³/mol. The molecule has 1 aromatic heterocycles. The zero-order valence-corrected chi connectivity index (χ0v) is 10.7. The number of anilines is 1. The van der Waals surface area contributed by atoms with Crippen LogP contribution in [0.1, 0.15) is 13.3 Å². The number of hydrogen-bond acceptors (Lipinski definition) is 5. The Morgan fingerprint density at radius 3 is 3.12 bits per heavy atom. The summed E-state index contributed by atoms with van der Waals surface area (Å²) in [6.07, 6.45) is 2.61. The van der Waals surface area contributed by atoms with E-state index in [4.69, 9.17) is 0 Å². The van der Waals surface area contributed by atoms with E-state index >= 15 is 0 Å². The molecule has 1 aromatic rings. The van der Waals surface area contributed by atoms with Crippen molar-refractivity contribution in [3.63, 3.8) is 0 Å². The van der Waals surface area contributed by atoms with Gasteiger partial charge in [0.25, 0.3) is 0 Å². The van der Waals surface area contributed by atoms with Gasteiger partial charge in [-0.15, -0.1) is 11.3 Å². The zero-order valence-electron chi connectivity index (χ0n) is 9.09. The van der Waals surface area contributed by atoms with Gasteiger partial charge in [-0.05, 0) is 13.3 Å². The molecule has 1 aliphatic rings. The van der Waals surface area contributed by atoms with Crippen molar-refractivity contribution in [1.29, 1.82) is 0 Å². The number of rotatable bonds is 4. The van der Waals surface area contributed by atoms with Gasteiger partial charge in [-0.2, -0.15) is 0 Å². The quantitative estimate of drug-likeness (QED) is 0.865. The van der Waals surface area contributed by atoms with Gasteiger partial charge in [-0.1, -0.05) is 0 Å². The summed E-state index contributed by atoms with van der Waals surface area (Å²) < 4.78 is 25.5. The Bertz CT molecular complexity index is 430. The van der Waals surface area contributed by atoms with E-state index in [0.29, 0.717) is 6.54 Å². The van der Waals surface area contributed by atoms with Gasteiger partial charge in [0.05, 0.1) is 5.75 Å². The van der Waals surface area contributed by atoms with Crippen LogP contribution in [0, 0.1) is 0 Å². The van der Waals surface area contributed by atoms with Gasteiger partial charge in [0.1, 0.15) is 0 Å². The van der Waals surface area contributed by atoms with Crippen molar-refractivity contribution in [1.82, 2.24) is 9.71 Å². The van der Waals surface area contributed by atoms with Gasteiger partial charge < -0.3 is 4.90 Å². The van der Waals surface area contributed by atoms with E-state index in [1.165, 1.54) is 0 Å². The second kappa shape index (κ2) is 4.68. The van der Waals surface area contributed by atoms with E-state index in [1.807, 2.05) is 5.38 Å². The Hall–Kier alpha value is -0.660. The summed E-state index contributed by atoms with van der Waals surface area (Å²) >= 11 is 1.58. The van der Waals surface area contributed by atoms with Crippen LogP contribution in [0.2, 0.25) is 0 Å². The highest BCUT2D eigenvalue weighted by molar-refractivity contribution is 7.89. The predicted octanol–water partition coefficient (Wildman–Crippen LogP) is 0.661. The molecule has 0 saturated carbocycles. The smallest absolute Gasteiger partial charge is 0.211 e. The van der Waals surface area contributed by atoms with Crippen LogP contribution in [-0.4, -0.2) is 38.3 Å². The number of nitrogens with zero attached hydrogens (tertiary/aromatic N) is 2. The first-order valence-corrected chi connectivity index (χ1v) is 7.78. The lowest BCUT2D eigenvalue weighted by molar-refractivity contribution is 0.562. The number of hydrogen-bond donors (Lipinski definition) is 1. The van der Waals surface area contributed by atoms with Crippen LogP contribution in [0.15, 0.2) is 11.6 Å². The second-order valence-corrected chi connectivity index (χ2v) is 6.68. The van der Waals surface area contributed by atoms with Crippen LogP contribution in [-0.2, 0) is 10.0 Å². The van der Waals surface area contributed by atoms with Crippen molar-refractivity contribution < 1.29 is 8.42 Å². The van der Waals surface area contributed by atoms with E-state index in [-0.39, 0.29) is 11.8 Å². The summed E-state index contributed by atoms with van der Waals surface area (Å²) in [4.78, 5) is 6.34. The molecule has 1 unspecified atom stereocenters. The lowest BCUT2D eigenvalue weighted by Crippen LogP contribution is -2.37. The highest BCUT2D eigenvalue weighted by atomic mass is 32.2. The molecule has 0 amide bonds. The van der Waals surface area contributed by atoms with Crippen LogP contribution >= 0.6 is 11.3 Å². The standard InChI is InChI=1S/C9H15N3O2S2/c1-2-16(13,14)11-8-3-5-12(7-8)9-10-4-6-15-9/h4,6,8,11H,2-3,5,7H2,1H3. The maximum absolute atomic E-state index is 11.4. The fraction of sp³-hybridized carbons (Fsp3) is 0.667. The molecule has 5 nitrogen and oxygen atoms in total. The minimum absolute atomic E-state index is 0.0221. The molecule has 1 N–H and O–H groups in total. The van der Waals surface area contributed by atoms with Crippen LogP contribution in [0.3, 0.4) is 0 Å². The first-order valence-electron chi connectivity index (χ1n) is 5.25. The van der Waals surface area contributed by atoms with Crippen molar-refractivity contribution in [2.75, 3.05) is 23.7 Å². The number of nitrogens with one attached hydrogen (secondary N) is 1. The molecule has 1 saturated heterocycles. The molecule has 0 aromatic carbocycles. The van der Waals surface area contributed by atoms with Gasteiger partial charge in [-0.25, -0.2) is 18.1 Å². The minimum atomic E-state index is -3.09.